The van der Waals surface area contributed by atoms with Crippen LogP contribution in [0.15, 0.2) is 67.6 Å². The molecule has 10 heteroatoms. The normalized spacial score (nSPS) is 11.2. The molecule has 168 valence electrons. The second kappa shape index (κ2) is 8.75. The van der Waals surface area contributed by atoms with E-state index in [1.54, 1.807) is 6.20 Å². The summed E-state index contributed by atoms with van der Waals surface area (Å²) >= 11 is 0. The maximum atomic E-state index is 9.25. The number of hydrogen-bond acceptors (Lipinski definition) is 7. The summed E-state index contributed by atoms with van der Waals surface area (Å²) in [5.74, 6) is 1.29. The Kier molecular flexibility index (Phi) is 5.49. The van der Waals surface area contributed by atoms with Crippen molar-refractivity contribution >= 4 is 22.8 Å². The van der Waals surface area contributed by atoms with Crippen molar-refractivity contribution in [2.45, 2.75) is 13.1 Å². The lowest BCUT2D eigenvalue weighted by atomic mass is 10.1. The van der Waals surface area contributed by atoms with Gasteiger partial charge in [0.2, 0.25) is 5.95 Å². The van der Waals surface area contributed by atoms with Crippen LogP contribution in [0.4, 0.5) is 11.8 Å². The van der Waals surface area contributed by atoms with Crippen LogP contribution in [-0.2, 0) is 20.1 Å². The first-order valence-electron chi connectivity index (χ1n) is 10.6. The Morgan fingerprint density at radius 3 is 2.82 bits per heavy atom. The summed E-state index contributed by atoms with van der Waals surface area (Å²) in [6, 6.07) is 10.4. The van der Waals surface area contributed by atoms with E-state index in [9.17, 15) is 5.11 Å². The number of imidazole rings is 1. The number of aryl methyl sites for hydroxylation is 1. The summed E-state index contributed by atoms with van der Waals surface area (Å²) in [4.78, 5) is 13.2. The lowest BCUT2D eigenvalue weighted by molar-refractivity contribution is 0.277. The highest BCUT2D eigenvalue weighted by atomic mass is 16.3. The highest BCUT2D eigenvalue weighted by molar-refractivity contribution is 5.88. The van der Waals surface area contributed by atoms with E-state index in [0.29, 0.717) is 24.9 Å². The number of anilines is 2. The van der Waals surface area contributed by atoms with E-state index in [-0.39, 0.29) is 6.61 Å². The minimum absolute atomic E-state index is 0.0351. The van der Waals surface area contributed by atoms with Gasteiger partial charge in [-0.1, -0.05) is 18.2 Å². The lowest BCUT2D eigenvalue weighted by Gasteiger charge is -2.22. The third kappa shape index (κ3) is 4.15. The first-order valence-corrected chi connectivity index (χ1v) is 10.6. The van der Waals surface area contributed by atoms with Crippen molar-refractivity contribution in [3.8, 4) is 11.1 Å². The molecule has 0 spiro atoms. The van der Waals surface area contributed by atoms with Gasteiger partial charge in [0.05, 0.1) is 24.7 Å². The minimum atomic E-state index is 0.0351. The van der Waals surface area contributed by atoms with Crippen molar-refractivity contribution in [2.75, 3.05) is 24.0 Å². The monoisotopic (exact) mass is 443 g/mol. The molecule has 5 rings (SSSR count). The van der Waals surface area contributed by atoms with Gasteiger partial charge in [0.25, 0.3) is 0 Å². The fourth-order valence-electron chi connectivity index (χ4n) is 3.90. The lowest BCUT2D eigenvalue weighted by Crippen LogP contribution is -2.28. The van der Waals surface area contributed by atoms with Gasteiger partial charge in [-0.05, 0) is 23.3 Å². The largest absolute Gasteiger partial charge is 0.395 e. The van der Waals surface area contributed by atoms with Crippen LogP contribution >= 0.6 is 0 Å². The Bertz CT molecular complexity index is 1380. The number of benzene rings is 1. The molecule has 0 saturated heterocycles. The average Bonchev–Trinajstić information content (AvgIpc) is 3.55. The molecule has 33 heavy (non-hydrogen) atoms. The molecule has 0 amide bonds. The van der Waals surface area contributed by atoms with Gasteiger partial charge in [0, 0.05) is 51.0 Å². The van der Waals surface area contributed by atoms with Gasteiger partial charge >= 0.3 is 0 Å². The predicted molar refractivity (Wildman–Crippen MR) is 127 cm³/mol. The van der Waals surface area contributed by atoms with Crippen LogP contribution in [0.5, 0.6) is 0 Å². The summed E-state index contributed by atoms with van der Waals surface area (Å²) in [7, 11) is 3.95. The van der Waals surface area contributed by atoms with Gasteiger partial charge in [0.15, 0.2) is 5.65 Å². The molecule has 5 aromatic rings. The van der Waals surface area contributed by atoms with E-state index >= 15 is 0 Å². The molecule has 1 aromatic carbocycles. The number of aliphatic hydroxyl groups excluding tert-OH is 1. The number of nitrogens with zero attached hydrogens (tertiary/aromatic N) is 8. The maximum Gasteiger partial charge on any atom is 0.208 e. The van der Waals surface area contributed by atoms with E-state index in [4.69, 9.17) is 0 Å². The van der Waals surface area contributed by atoms with Gasteiger partial charge in [-0.3, -0.25) is 4.68 Å². The molecule has 0 saturated carbocycles. The number of hydrogen-bond donors (Lipinski definition) is 2. The third-order valence-corrected chi connectivity index (χ3v) is 5.49. The van der Waals surface area contributed by atoms with Gasteiger partial charge in [-0.25, -0.2) is 19.6 Å². The summed E-state index contributed by atoms with van der Waals surface area (Å²) in [5, 5.41) is 19.8. The molecule has 10 nitrogen and oxygen atoms in total. The van der Waals surface area contributed by atoms with Gasteiger partial charge in [-0.2, -0.15) is 5.10 Å². The molecule has 4 heterocycles. The van der Waals surface area contributed by atoms with Crippen LogP contribution in [0.1, 0.15) is 5.56 Å². The molecule has 4 aromatic heterocycles. The van der Waals surface area contributed by atoms with Crippen LogP contribution in [0.25, 0.3) is 22.2 Å². The molecular weight excluding hydrogens is 418 g/mol. The number of nitrogens with one attached hydrogen (secondary N) is 1. The van der Waals surface area contributed by atoms with Crippen LogP contribution in [-0.4, -0.2) is 52.7 Å². The van der Waals surface area contributed by atoms with Gasteiger partial charge in [-0.15, -0.1) is 0 Å². The molecule has 0 aliphatic heterocycles. The fourth-order valence-corrected chi connectivity index (χ4v) is 3.90. The highest BCUT2D eigenvalue weighted by Crippen LogP contribution is 2.24. The standard InChI is InChI=1S/C23H25N9O/c1-29-15-19(13-27-29)18-5-3-4-17(12-18)14-30(2)32-8-6-20-21(25-16-26-22(20)32)28-23-24-7-9-31(23)10-11-33/h3-9,12-13,15-16,33H,10-11,14H2,1-2H3,(H,24,25,26,28). The topological polar surface area (TPSA) is 102 Å². The van der Waals surface area contributed by atoms with Crippen LogP contribution in [0.3, 0.4) is 0 Å². The average molecular weight is 444 g/mol. The molecule has 0 fully saturated rings. The number of fused-ring (bicyclic) bond motifs is 1. The van der Waals surface area contributed by atoms with Crippen molar-refractivity contribution in [1.82, 2.24) is 34.0 Å². The van der Waals surface area contributed by atoms with Crippen molar-refractivity contribution in [3.05, 3.63) is 73.2 Å². The zero-order chi connectivity index (χ0) is 22.8. The molecule has 0 aliphatic rings. The van der Waals surface area contributed by atoms with Crippen LogP contribution < -0.4 is 10.3 Å². The molecule has 0 unspecified atom stereocenters. The van der Waals surface area contributed by atoms with Crippen molar-refractivity contribution in [1.29, 1.82) is 0 Å². The van der Waals surface area contributed by atoms with E-state index in [1.165, 1.54) is 11.9 Å². The van der Waals surface area contributed by atoms with E-state index in [0.717, 1.165) is 22.2 Å². The van der Waals surface area contributed by atoms with Crippen LogP contribution in [0, 0.1) is 0 Å². The molecule has 0 radical (unpaired) electrons. The predicted octanol–water partition coefficient (Wildman–Crippen LogP) is 2.53. The van der Waals surface area contributed by atoms with Crippen molar-refractivity contribution in [2.24, 2.45) is 7.05 Å². The summed E-state index contributed by atoms with van der Waals surface area (Å²) in [6.07, 6.45) is 10.9. The van der Waals surface area contributed by atoms with Gasteiger partial charge in [0.1, 0.15) is 12.1 Å². The Morgan fingerprint density at radius 1 is 1.09 bits per heavy atom. The summed E-state index contributed by atoms with van der Waals surface area (Å²) in [6.45, 7) is 1.19. The number of aliphatic hydroxyl groups is 1. The Morgan fingerprint density at radius 2 is 2.00 bits per heavy atom. The minimum Gasteiger partial charge on any atom is -0.395 e. The van der Waals surface area contributed by atoms with E-state index in [1.807, 2.05) is 58.9 Å². The smallest absolute Gasteiger partial charge is 0.208 e. The molecule has 0 atom stereocenters. The molecule has 0 aliphatic carbocycles. The van der Waals surface area contributed by atoms with E-state index in [2.05, 4.69) is 54.6 Å². The van der Waals surface area contributed by atoms with Crippen molar-refractivity contribution in [3.63, 3.8) is 0 Å². The molecule has 0 bridgehead atoms. The third-order valence-electron chi connectivity index (χ3n) is 5.49. The Labute approximate surface area is 190 Å². The van der Waals surface area contributed by atoms with E-state index < -0.39 is 0 Å². The van der Waals surface area contributed by atoms with Crippen LogP contribution in [0.2, 0.25) is 0 Å². The quantitative estimate of drug-likeness (QED) is 0.380. The SMILES string of the molecule is CN(Cc1cccc(-c2cnn(C)c2)c1)n1ccc2c(Nc3nccn3CCO)ncnc21. The van der Waals surface area contributed by atoms with Gasteiger partial charge < -0.3 is 20.0 Å². The second-order valence-electron chi connectivity index (χ2n) is 7.83. The first kappa shape index (κ1) is 20.7. The second-order valence-corrected chi connectivity index (χ2v) is 7.83. The molecular formula is C23H25N9O. The Hall–Kier alpha value is -4.18. The highest BCUT2D eigenvalue weighted by Gasteiger charge is 2.13. The summed E-state index contributed by atoms with van der Waals surface area (Å²) in [5.41, 5.74) is 4.20. The Balaban J connectivity index is 1.39. The number of aromatic nitrogens is 7. The number of rotatable bonds is 8. The van der Waals surface area contributed by atoms with Crippen molar-refractivity contribution < 1.29 is 5.11 Å². The zero-order valence-electron chi connectivity index (χ0n) is 18.5. The maximum absolute atomic E-state index is 9.25. The fraction of sp³-hybridized carbons (Fsp3) is 0.217. The molecule has 2 N–H and O–H groups in total. The summed E-state index contributed by atoms with van der Waals surface area (Å²) < 4.78 is 5.66. The first-order chi connectivity index (χ1) is 16.1. The zero-order valence-corrected chi connectivity index (χ0v) is 18.5.